The third kappa shape index (κ3) is 5.32. The molecule has 1 aliphatic carbocycles. The van der Waals surface area contributed by atoms with Gasteiger partial charge in [-0.15, -0.1) is 0 Å². The Kier molecular flexibility index (Phi) is 7.03. The molecule has 7 nitrogen and oxygen atoms in total. The van der Waals surface area contributed by atoms with E-state index in [2.05, 4.69) is 34.9 Å². The molecule has 1 aliphatic rings. The van der Waals surface area contributed by atoms with Gasteiger partial charge in [-0.3, -0.25) is 9.59 Å². The highest BCUT2D eigenvalue weighted by Crippen LogP contribution is 2.44. The van der Waals surface area contributed by atoms with E-state index >= 15 is 0 Å². The monoisotopic (exact) mass is 456 g/mol. The van der Waals surface area contributed by atoms with Gasteiger partial charge in [-0.1, -0.05) is 72.8 Å². The van der Waals surface area contributed by atoms with Gasteiger partial charge < -0.3 is 20.5 Å². The number of amides is 2. The summed E-state index contributed by atoms with van der Waals surface area (Å²) < 4.78 is 5.45. The molecule has 7 heteroatoms. The molecule has 2 amide bonds. The van der Waals surface area contributed by atoms with E-state index in [-0.39, 0.29) is 25.5 Å². The predicted molar refractivity (Wildman–Crippen MR) is 129 cm³/mol. The molecule has 0 spiro atoms. The Morgan fingerprint density at radius 2 is 1.50 bits per heavy atom. The number of aliphatic carboxylic acids is 1. The van der Waals surface area contributed by atoms with Crippen LogP contribution in [0.3, 0.4) is 0 Å². The van der Waals surface area contributed by atoms with Gasteiger partial charge >= 0.3 is 12.1 Å². The van der Waals surface area contributed by atoms with E-state index in [0.29, 0.717) is 11.3 Å². The van der Waals surface area contributed by atoms with Crippen molar-refractivity contribution in [1.29, 1.82) is 0 Å². The Hall–Kier alpha value is -4.39. The average molecular weight is 456 g/mol. The number of carboxylic acid groups (broad SMARTS) is 1. The lowest BCUT2D eigenvalue weighted by Crippen LogP contribution is -2.26. The van der Waals surface area contributed by atoms with Gasteiger partial charge in [0.05, 0.1) is 6.42 Å². The van der Waals surface area contributed by atoms with E-state index in [1.54, 1.807) is 24.3 Å². The standard InChI is InChI=1S/C27H24N2O5/c30-25(29-24-13-6-1-8-18(24)16-26(31)32)14-7-15-28-27(33)34-17-23-21-11-4-2-9-19(21)20-10-3-5-12-22(20)23/h1-14,23H,15-17H2,(H,28,33)(H,29,30)(H,31,32)/b14-7+. The third-order valence-electron chi connectivity index (χ3n) is 5.59. The maximum absolute atomic E-state index is 12.2. The number of nitrogens with one attached hydrogen (secondary N) is 2. The van der Waals surface area contributed by atoms with Crippen LogP contribution in [0.2, 0.25) is 0 Å². The molecule has 4 rings (SSSR count). The first kappa shape index (κ1) is 22.8. The Bertz CT molecular complexity index is 1210. The molecule has 0 saturated carbocycles. The number of carboxylic acids is 1. The number of carbonyl (C=O) groups is 3. The van der Waals surface area contributed by atoms with Crippen LogP contribution in [-0.2, 0) is 20.7 Å². The summed E-state index contributed by atoms with van der Waals surface area (Å²) in [6, 6.07) is 22.9. The number of carbonyl (C=O) groups excluding carboxylic acids is 2. The molecule has 172 valence electrons. The van der Waals surface area contributed by atoms with Crippen molar-refractivity contribution in [2.75, 3.05) is 18.5 Å². The van der Waals surface area contributed by atoms with Gasteiger partial charge in [0.15, 0.2) is 0 Å². The molecule has 0 fully saturated rings. The molecular weight excluding hydrogens is 432 g/mol. The molecule has 0 radical (unpaired) electrons. The first-order valence-corrected chi connectivity index (χ1v) is 10.9. The first-order chi connectivity index (χ1) is 16.5. The van der Waals surface area contributed by atoms with Crippen LogP contribution in [0.4, 0.5) is 10.5 Å². The fourth-order valence-corrected chi connectivity index (χ4v) is 4.09. The second-order valence-corrected chi connectivity index (χ2v) is 7.83. The van der Waals surface area contributed by atoms with Gasteiger partial charge in [0.1, 0.15) is 6.61 Å². The largest absolute Gasteiger partial charge is 0.481 e. The van der Waals surface area contributed by atoms with Crippen LogP contribution >= 0.6 is 0 Å². The summed E-state index contributed by atoms with van der Waals surface area (Å²) in [4.78, 5) is 35.3. The zero-order valence-corrected chi connectivity index (χ0v) is 18.4. The Morgan fingerprint density at radius 3 is 2.18 bits per heavy atom. The number of alkyl carbamates (subject to hydrolysis) is 1. The lowest BCUT2D eigenvalue weighted by atomic mass is 9.98. The molecule has 0 saturated heterocycles. The van der Waals surface area contributed by atoms with Crippen LogP contribution in [0.25, 0.3) is 11.1 Å². The maximum atomic E-state index is 12.2. The molecule has 0 unspecified atom stereocenters. The van der Waals surface area contributed by atoms with Crippen molar-refractivity contribution in [2.45, 2.75) is 12.3 Å². The number of hydrogen-bond donors (Lipinski definition) is 3. The van der Waals surface area contributed by atoms with Gasteiger partial charge in [-0.2, -0.15) is 0 Å². The summed E-state index contributed by atoms with van der Waals surface area (Å²) in [7, 11) is 0. The fourth-order valence-electron chi connectivity index (χ4n) is 4.09. The quantitative estimate of drug-likeness (QED) is 0.437. The first-order valence-electron chi connectivity index (χ1n) is 10.9. The van der Waals surface area contributed by atoms with Crippen molar-refractivity contribution in [3.05, 3.63) is 102 Å². The number of benzene rings is 3. The van der Waals surface area contributed by atoms with Gasteiger partial charge in [-0.25, -0.2) is 4.79 Å². The number of ether oxygens (including phenoxy) is 1. The molecule has 0 bridgehead atoms. The molecule has 0 atom stereocenters. The number of rotatable bonds is 8. The van der Waals surface area contributed by atoms with E-state index in [4.69, 9.17) is 9.84 Å². The predicted octanol–water partition coefficient (Wildman–Crippen LogP) is 4.35. The summed E-state index contributed by atoms with van der Waals surface area (Å²) in [5.74, 6) is -1.43. The topological polar surface area (TPSA) is 105 Å². The van der Waals surface area contributed by atoms with Crippen molar-refractivity contribution in [3.8, 4) is 11.1 Å². The number of fused-ring (bicyclic) bond motifs is 3. The lowest BCUT2D eigenvalue weighted by Gasteiger charge is -2.14. The Labute approximate surface area is 197 Å². The van der Waals surface area contributed by atoms with Gasteiger partial charge in [0.25, 0.3) is 0 Å². The summed E-state index contributed by atoms with van der Waals surface area (Å²) >= 11 is 0. The lowest BCUT2D eigenvalue weighted by molar-refractivity contribution is -0.136. The summed E-state index contributed by atoms with van der Waals surface area (Å²) in [6.07, 6.45) is 2.01. The maximum Gasteiger partial charge on any atom is 0.407 e. The number of anilines is 1. The van der Waals surface area contributed by atoms with Gasteiger partial charge in [0.2, 0.25) is 5.91 Å². The van der Waals surface area contributed by atoms with Crippen molar-refractivity contribution in [1.82, 2.24) is 5.32 Å². The van der Waals surface area contributed by atoms with E-state index < -0.39 is 18.0 Å². The van der Waals surface area contributed by atoms with Crippen molar-refractivity contribution < 1.29 is 24.2 Å². The number of hydrogen-bond acceptors (Lipinski definition) is 4. The second-order valence-electron chi connectivity index (χ2n) is 7.83. The van der Waals surface area contributed by atoms with E-state index in [0.717, 1.165) is 22.3 Å². The van der Waals surface area contributed by atoms with Gasteiger partial charge in [0, 0.05) is 24.2 Å². The molecule has 3 N–H and O–H groups in total. The summed E-state index contributed by atoms with van der Waals surface area (Å²) in [5.41, 5.74) is 5.53. The van der Waals surface area contributed by atoms with Crippen LogP contribution in [-0.4, -0.2) is 36.2 Å². The minimum absolute atomic E-state index is 0.0228. The van der Waals surface area contributed by atoms with Crippen LogP contribution in [0.1, 0.15) is 22.6 Å². The van der Waals surface area contributed by atoms with Crippen LogP contribution in [0, 0.1) is 0 Å². The Balaban J connectivity index is 1.26. The highest BCUT2D eigenvalue weighted by Gasteiger charge is 2.28. The SMILES string of the molecule is O=C(O)Cc1ccccc1NC(=O)/C=C/CNC(=O)OCC1c2ccccc2-c2ccccc21. The summed E-state index contributed by atoms with van der Waals surface area (Å²) in [5, 5.41) is 14.2. The van der Waals surface area contributed by atoms with Crippen molar-refractivity contribution in [2.24, 2.45) is 0 Å². The molecular formula is C27H24N2O5. The van der Waals surface area contributed by atoms with Crippen molar-refractivity contribution >= 4 is 23.7 Å². The van der Waals surface area contributed by atoms with Gasteiger partial charge in [-0.05, 0) is 33.9 Å². The van der Waals surface area contributed by atoms with E-state index in [9.17, 15) is 14.4 Å². The smallest absolute Gasteiger partial charge is 0.407 e. The highest BCUT2D eigenvalue weighted by molar-refractivity contribution is 6.00. The average Bonchev–Trinajstić information content (AvgIpc) is 3.15. The molecule has 0 aliphatic heterocycles. The molecule has 3 aromatic rings. The van der Waals surface area contributed by atoms with E-state index in [1.807, 2.05) is 24.3 Å². The summed E-state index contributed by atoms with van der Waals surface area (Å²) in [6.45, 7) is 0.325. The van der Waals surface area contributed by atoms with Crippen molar-refractivity contribution in [3.63, 3.8) is 0 Å². The molecule has 0 aromatic heterocycles. The highest BCUT2D eigenvalue weighted by atomic mass is 16.5. The van der Waals surface area contributed by atoms with Crippen LogP contribution in [0.15, 0.2) is 84.9 Å². The molecule has 3 aromatic carbocycles. The fraction of sp³-hybridized carbons (Fsp3) is 0.148. The minimum atomic E-state index is -0.982. The second kappa shape index (κ2) is 10.5. The Morgan fingerprint density at radius 1 is 0.882 bits per heavy atom. The van der Waals surface area contributed by atoms with Crippen LogP contribution in [0.5, 0.6) is 0 Å². The minimum Gasteiger partial charge on any atom is -0.481 e. The molecule has 0 heterocycles. The number of para-hydroxylation sites is 1. The third-order valence-corrected chi connectivity index (χ3v) is 5.59. The normalized spacial score (nSPS) is 12.1. The zero-order valence-electron chi connectivity index (χ0n) is 18.4. The zero-order chi connectivity index (χ0) is 23.9. The van der Waals surface area contributed by atoms with E-state index in [1.165, 1.54) is 12.2 Å². The molecule has 34 heavy (non-hydrogen) atoms. The van der Waals surface area contributed by atoms with Crippen LogP contribution < -0.4 is 10.6 Å².